The van der Waals surface area contributed by atoms with Crippen LogP contribution in [0.5, 0.6) is 0 Å². The third kappa shape index (κ3) is 2.28. The van der Waals surface area contributed by atoms with Crippen molar-refractivity contribution in [3.63, 3.8) is 0 Å². The van der Waals surface area contributed by atoms with Crippen LogP contribution in [0, 0.1) is 11.3 Å². The molecule has 6 rings (SSSR count). The second-order valence-electron chi connectivity index (χ2n) is 7.09. The summed E-state index contributed by atoms with van der Waals surface area (Å²) < 4.78 is 9.56. The van der Waals surface area contributed by atoms with Gasteiger partial charge in [-0.25, -0.2) is 0 Å². The lowest BCUT2D eigenvalue weighted by Gasteiger charge is -2.08. The van der Waals surface area contributed by atoms with Gasteiger partial charge < -0.3 is 8.98 Å². The summed E-state index contributed by atoms with van der Waals surface area (Å²) in [6.45, 7) is 0. The van der Waals surface area contributed by atoms with Gasteiger partial charge >= 0.3 is 0 Å². The summed E-state index contributed by atoms with van der Waals surface area (Å²) >= 11 is 3.59. The predicted octanol–water partition coefficient (Wildman–Crippen LogP) is 7.32. The van der Waals surface area contributed by atoms with Gasteiger partial charge in [-0.1, -0.05) is 40.2 Å². The van der Waals surface area contributed by atoms with Crippen LogP contribution in [0.2, 0.25) is 0 Å². The van der Waals surface area contributed by atoms with Gasteiger partial charge in [-0.15, -0.1) is 0 Å². The Morgan fingerprint density at radius 3 is 2.52 bits per heavy atom. The normalized spacial score (nSPS) is 11.6. The summed E-state index contributed by atoms with van der Waals surface area (Å²) in [5, 5.41) is 13.7. The van der Waals surface area contributed by atoms with E-state index in [1.165, 1.54) is 0 Å². The summed E-state index contributed by atoms with van der Waals surface area (Å²) in [7, 11) is 0. The number of benzene rings is 4. The maximum absolute atomic E-state index is 9.47. The second kappa shape index (κ2) is 5.97. The highest BCUT2D eigenvalue weighted by Gasteiger charge is 2.18. The molecule has 0 aliphatic heterocycles. The van der Waals surface area contributed by atoms with Gasteiger partial charge in [0.25, 0.3) is 0 Å². The number of nitrogens with zero attached hydrogens (tertiary/aromatic N) is 2. The number of nitriles is 1. The Morgan fingerprint density at radius 2 is 1.66 bits per heavy atom. The molecule has 0 radical (unpaired) electrons. The molecule has 0 spiro atoms. The highest BCUT2D eigenvalue weighted by Crippen LogP contribution is 2.40. The van der Waals surface area contributed by atoms with Gasteiger partial charge in [0.2, 0.25) is 0 Å². The lowest BCUT2D eigenvalue weighted by atomic mass is 10.1. The summed E-state index contributed by atoms with van der Waals surface area (Å²) in [5.41, 5.74) is 5.52. The molecule has 0 atom stereocenters. The van der Waals surface area contributed by atoms with E-state index in [1.807, 2.05) is 48.5 Å². The van der Waals surface area contributed by atoms with E-state index in [1.54, 1.807) is 0 Å². The van der Waals surface area contributed by atoms with Gasteiger partial charge in [-0.3, -0.25) is 0 Å². The second-order valence-corrected chi connectivity index (χ2v) is 8.01. The molecular formula is C25H13BrN2O. The standard InChI is InChI=1S/C25H13BrN2O/c26-16-4-3-5-17(13-16)28-21-10-8-15(14-27)12-20(21)24-22(28)11-9-19-18-6-1-2-7-23(18)29-25(19)24/h1-13H. The molecule has 29 heavy (non-hydrogen) atoms. The van der Waals surface area contributed by atoms with E-state index in [2.05, 4.69) is 56.9 Å². The minimum atomic E-state index is 0.638. The zero-order chi connectivity index (χ0) is 19.5. The van der Waals surface area contributed by atoms with Gasteiger partial charge in [0, 0.05) is 26.3 Å². The fourth-order valence-corrected chi connectivity index (χ4v) is 4.64. The molecule has 0 N–H and O–H groups in total. The van der Waals surface area contributed by atoms with Gasteiger partial charge in [0.05, 0.1) is 28.1 Å². The van der Waals surface area contributed by atoms with Crippen molar-refractivity contribution in [3.05, 3.63) is 88.9 Å². The predicted molar refractivity (Wildman–Crippen MR) is 120 cm³/mol. The van der Waals surface area contributed by atoms with Crippen LogP contribution in [0.3, 0.4) is 0 Å². The largest absolute Gasteiger partial charge is 0.455 e. The van der Waals surface area contributed by atoms with E-state index in [4.69, 9.17) is 4.42 Å². The van der Waals surface area contributed by atoms with Crippen LogP contribution in [-0.4, -0.2) is 4.57 Å². The molecule has 0 saturated heterocycles. The number of furan rings is 1. The van der Waals surface area contributed by atoms with Crippen LogP contribution in [0.1, 0.15) is 5.56 Å². The van der Waals surface area contributed by atoms with Crippen LogP contribution in [0.15, 0.2) is 87.8 Å². The smallest absolute Gasteiger partial charge is 0.145 e. The van der Waals surface area contributed by atoms with Crippen molar-refractivity contribution < 1.29 is 4.42 Å². The Balaban J connectivity index is 1.87. The summed E-state index contributed by atoms with van der Waals surface area (Å²) in [4.78, 5) is 0. The van der Waals surface area contributed by atoms with E-state index >= 15 is 0 Å². The lowest BCUT2D eigenvalue weighted by molar-refractivity contribution is 0.673. The third-order valence-corrected chi connectivity index (χ3v) is 5.96. The van der Waals surface area contributed by atoms with Crippen molar-refractivity contribution in [1.82, 2.24) is 4.57 Å². The molecule has 0 fully saturated rings. The molecule has 0 unspecified atom stereocenters. The molecule has 3 nitrogen and oxygen atoms in total. The van der Waals surface area contributed by atoms with Crippen molar-refractivity contribution in [2.75, 3.05) is 0 Å². The minimum Gasteiger partial charge on any atom is -0.455 e. The Morgan fingerprint density at radius 1 is 0.793 bits per heavy atom. The molecular weight excluding hydrogens is 424 g/mol. The molecule has 0 aliphatic carbocycles. The van der Waals surface area contributed by atoms with Crippen LogP contribution in [-0.2, 0) is 0 Å². The fraction of sp³-hybridized carbons (Fsp3) is 0. The van der Waals surface area contributed by atoms with Crippen molar-refractivity contribution in [2.24, 2.45) is 0 Å². The number of rotatable bonds is 1. The highest BCUT2D eigenvalue weighted by atomic mass is 79.9. The first-order valence-corrected chi connectivity index (χ1v) is 10.1. The van der Waals surface area contributed by atoms with Crippen LogP contribution in [0.4, 0.5) is 0 Å². The molecule has 4 heteroatoms. The number of fused-ring (bicyclic) bond motifs is 7. The van der Waals surface area contributed by atoms with E-state index < -0.39 is 0 Å². The zero-order valence-electron chi connectivity index (χ0n) is 15.2. The fourth-order valence-electron chi connectivity index (χ4n) is 4.25. The molecule has 0 amide bonds. The number of aromatic nitrogens is 1. The quantitative estimate of drug-likeness (QED) is 0.271. The maximum atomic E-state index is 9.47. The maximum Gasteiger partial charge on any atom is 0.145 e. The lowest BCUT2D eigenvalue weighted by Crippen LogP contribution is -1.93. The Labute approximate surface area is 174 Å². The average molecular weight is 437 g/mol. The third-order valence-electron chi connectivity index (χ3n) is 5.47. The molecule has 4 aromatic carbocycles. The summed E-state index contributed by atoms with van der Waals surface area (Å²) in [6.07, 6.45) is 0. The zero-order valence-corrected chi connectivity index (χ0v) is 16.8. The molecule has 6 aromatic rings. The highest BCUT2D eigenvalue weighted by molar-refractivity contribution is 9.10. The monoisotopic (exact) mass is 436 g/mol. The van der Waals surface area contributed by atoms with Crippen molar-refractivity contribution in [3.8, 4) is 11.8 Å². The molecule has 0 aliphatic rings. The average Bonchev–Trinajstić information content (AvgIpc) is 3.28. The van der Waals surface area contributed by atoms with Gasteiger partial charge in [-0.2, -0.15) is 5.26 Å². The van der Waals surface area contributed by atoms with E-state index in [0.29, 0.717) is 5.56 Å². The molecule has 2 aromatic heterocycles. The first-order valence-electron chi connectivity index (χ1n) is 9.29. The van der Waals surface area contributed by atoms with Crippen molar-refractivity contribution in [2.45, 2.75) is 0 Å². The Kier molecular flexibility index (Phi) is 3.38. The van der Waals surface area contributed by atoms with E-state index in [0.717, 1.165) is 53.9 Å². The van der Waals surface area contributed by atoms with Gasteiger partial charge in [0.15, 0.2) is 0 Å². The van der Waals surface area contributed by atoms with E-state index in [9.17, 15) is 5.26 Å². The van der Waals surface area contributed by atoms with Crippen molar-refractivity contribution in [1.29, 1.82) is 5.26 Å². The number of hydrogen-bond acceptors (Lipinski definition) is 2. The van der Waals surface area contributed by atoms with Crippen LogP contribution >= 0.6 is 15.9 Å². The molecule has 0 bridgehead atoms. The topological polar surface area (TPSA) is 41.9 Å². The first-order chi connectivity index (χ1) is 14.2. The summed E-state index contributed by atoms with van der Waals surface area (Å²) in [5.74, 6) is 0. The van der Waals surface area contributed by atoms with Crippen LogP contribution in [0.25, 0.3) is 49.4 Å². The Bertz CT molecular complexity index is 1630. The Hall–Kier alpha value is -3.55. The molecule has 0 saturated carbocycles. The SMILES string of the molecule is N#Cc1ccc2c(c1)c1c3oc4ccccc4c3ccc1n2-c1cccc(Br)c1. The number of para-hydroxylation sites is 1. The van der Waals surface area contributed by atoms with Crippen LogP contribution < -0.4 is 0 Å². The van der Waals surface area contributed by atoms with Crippen molar-refractivity contribution >= 4 is 59.7 Å². The molecule has 2 heterocycles. The minimum absolute atomic E-state index is 0.638. The summed E-state index contributed by atoms with van der Waals surface area (Å²) in [6, 6.07) is 28.7. The van der Waals surface area contributed by atoms with Gasteiger partial charge in [0.1, 0.15) is 11.2 Å². The molecule has 136 valence electrons. The van der Waals surface area contributed by atoms with Gasteiger partial charge in [-0.05, 0) is 54.6 Å². The number of halogens is 1. The van der Waals surface area contributed by atoms with E-state index in [-0.39, 0.29) is 0 Å². The number of hydrogen-bond donors (Lipinski definition) is 0. The first kappa shape index (κ1) is 16.4.